The van der Waals surface area contributed by atoms with Crippen LogP contribution in [0.3, 0.4) is 0 Å². The van der Waals surface area contributed by atoms with Crippen molar-refractivity contribution in [2.75, 3.05) is 0 Å². The summed E-state index contributed by atoms with van der Waals surface area (Å²) in [5.41, 5.74) is 3.59. The van der Waals surface area contributed by atoms with Gasteiger partial charge in [-0.15, -0.1) is 11.6 Å². The molecular weight excluding hydrogens is 275 g/mol. The number of hydrogen-bond acceptors (Lipinski definition) is 0. The molecule has 1 unspecified atom stereocenters. The first-order valence-corrected chi connectivity index (χ1v) is 7.50. The van der Waals surface area contributed by atoms with Crippen LogP contribution in [0.2, 0.25) is 5.02 Å². The number of alkyl halides is 1. The van der Waals surface area contributed by atoms with Crippen molar-refractivity contribution in [1.82, 2.24) is 0 Å². The molecule has 0 aliphatic heterocycles. The first kappa shape index (κ1) is 14.4. The molecule has 19 heavy (non-hydrogen) atoms. The van der Waals surface area contributed by atoms with Crippen molar-refractivity contribution in [3.63, 3.8) is 0 Å². The van der Waals surface area contributed by atoms with Crippen LogP contribution in [0.5, 0.6) is 0 Å². The van der Waals surface area contributed by atoms with Crippen molar-refractivity contribution < 1.29 is 0 Å². The van der Waals surface area contributed by atoms with E-state index in [1.54, 1.807) is 0 Å². The Balaban J connectivity index is 2.10. The molecule has 0 bridgehead atoms. The number of rotatable bonds is 5. The average molecular weight is 293 g/mol. The molecular formula is C17H18Cl2. The number of aryl methyl sites for hydroxylation is 1. The molecule has 0 saturated heterocycles. The molecule has 2 aromatic carbocycles. The molecule has 2 rings (SSSR count). The van der Waals surface area contributed by atoms with E-state index in [0.717, 1.165) is 22.6 Å². The van der Waals surface area contributed by atoms with Gasteiger partial charge in [0.25, 0.3) is 0 Å². The summed E-state index contributed by atoms with van der Waals surface area (Å²) in [6.45, 7) is 2.21. The van der Waals surface area contributed by atoms with Gasteiger partial charge in [0, 0.05) is 5.02 Å². The quantitative estimate of drug-likeness (QED) is 0.592. The highest BCUT2D eigenvalue weighted by Crippen LogP contribution is 2.29. The van der Waals surface area contributed by atoms with Crippen LogP contribution in [0.4, 0.5) is 0 Å². The molecule has 0 aromatic heterocycles. The van der Waals surface area contributed by atoms with Gasteiger partial charge in [-0.2, -0.15) is 0 Å². The van der Waals surface area contributed by atoms with Crippen LogP contribution < -0.4 is 0 Å². The molecule has 1 atom stereocenters. The van der Waals surface area contributed by atoms with Crippen LogP contribution in [0.25, 0.3) is 0 Å². The second-order valence-electron chi connectivity index (χ2n) is 4.76. The third-order valence-electron chi connectivity index (χ3n) is 3.25. The molecule has 0 radical (unpaired) electrons. The summed E-state index contributed by atoms with van der Waals surface area (Å²) >= 11 is 12.4. The Hall–Kier alpha value is -0.980. The lowest BCUT2D eigenvalue weighted by Gasteiger charge is -2.11. The Labute approximate surface area is 125 Å². The highest BCUT2D eigenvalue weighted by molar-refractivity contribution is 6.30. The van der Waals surface area contributed by atoms with Gasteiger partial charge < -0.3 is 0 Å². The fraction of sp³-hybridized carbons (Fsp3) is 0.294. The second-order valence-corrected chi connectivity index (χ2v) is 5.63. The molecule has 0 aliphatic rings. The standard InChI is InChI=1S/C17H18Cl2/c1-2-3-4-13-5-7-14(8-6-13)17(19)15-9-11-16(18)12-10-15/h5-12,17H,2-4H2,1H3. The maximum absolute atomic E-state index is 6.50. The maximum Gasteiger partial charge on any atom is 0.0835 e. The van der Waals surface area contributed by atoms with Crippen LogP contribution in [0.15, 0.2) is 48.5 Å². The van der Waals surface area contributed by atoms with Crippen LogP contribution in [-0.2, 0) is 6.42 Å². The van der Waals surface area contributed by atoms with Gasteiger partial charge in [-0.3, -0.25) is 0 Å². The van der Waals surface area contributed by atoms with E-state index in [1.165, 1.54) is 18.4 Å². The van der Waals surface area contributed by atoms with Gasteiger partial charge in [0.15, 0.2) is 0 Å². The average Bonchev–Trinajstić information content (AvgIpc) is 2.46. The lowest BCUT2D eigenvalue weighted by Crippen LogP contribution is -1.94. The van der Waals surface area contributed by atoms with E-state index in [1.807, 2.05) is 24.3 Å². The van der Waals surface area contributed by atoms with E-state index in [-0.39, 0.29) is 5.38 Å². The summed E-state index contributed by atoms with van der Waals surface area (Å²) in [5.74, 6) is 0. The molecule has 100 valence electrons. The smallest absolute Gasteiger partial charge is 0.0835 e. The lowest BCUT2D eigenvalue weighted by molar-refractivity contribution is 0.794. The summed E-state index contributed by atoms with van der Waals surface area (Å²) in [7, 11) is 0. The zero-order valence-electron chi connectivity index (χ0n) is 11.1. The summed E-state index contributed by atoms with van der Waals surface area (Å²) in [6.07, 6.45) is 3.61. The van der Waals surface area contributed by atoms with Gasteiger partial charge in [0.1, 0.15) is 0 Å². The zero-order valence-corrected chi connectivity index (χ0v) is 12.6. The van der Waals surface area contributed by atoms with Crippen molar-refractivity contribution in [2.45, 2.75) is 31.6 Å². The fourth-order valence-electron chi connectivity index (χ4n) is 2.06. The lowest BCUT2D eigenvalue weighted by atomic mass is 10.0. The van der Waals surface area contributed by atoms with Gasteiger partial charge in [0.2, 0.25) is 0 Å². The Morgan fingerprint density at radius 1 is 0.895 bits per heavy atom. The maximum atomic E-state index is 6.50. The van der Waals surface area contributed by atoms with E-state index < -0.39 is 0 Å². The molecule has 0 saturated carbocycles. The number of benzene rings is 2. The number of halogens is 2. The minimum absolute atomic E-state index is 0.113. The Morgan fingerprint density at radius 2 is 1.42 bits per heavy atom. The molecule has 0 aliphatic carbocycles. The van der Waals surface area contributed by atoms with Crippen LogP contribution in [0, 0.1) is 0 Å². The molecule has 0 heterocycles. The van der Waals surface area contributed by atoms with Crippen LogP contribution in [-0.4, -0.2) is 0 Å². The van der Waals surface area contributed by atoms with E-state index in [4.69, 9.17) is 23.2 Å². The molecule has 0 N–H and O–H groups in total. The predicted octanol–water partition coefficient (Wildman–Crippen LogP) is 6.01. The molecule has 0 fully saturated rings. The van der Waals surface area contributed by atoms with Gasteiger partial charge in [-0.05, 0) is 41.7 Å². The summed E-state index contributed by atoms with van der Waals surface area (Å²) < 4.78 is 0. The van der Waals surface area contributed by atoms with Gasteiger partial charge >= 0.3 is 0 Å². The third-order valence-corrected chi connectivity index (χ3v) is 4.01. The minimum Gasteiger partial charge on any atom is -0.113 e. The van der Waals surface area contributed by atoms with Crippen molar-refractivity contribution in [2.24, 2.45) is 0 Å². The third kappa shape index (κ3) is 3.99. The first-order chi connectivity index (χ1) is 9.20. The Morgan fingerprint density at radius 3 is 1.95 bits per heavy atom. The van der Waals surface area contributed by atoms with Gasteiger partial charge in [-0.1, -0.05) is 61.3 Å². The van der Waals surface area contributed by atoms with Crippen LogP contribution in [0.1, 0.15) is 41.8 Å². The summed E-state index contributed by atoms with van der Waals surface area (Å²) in [4.78, 5) is 0. The predicted molar refractivity (Wildman–Crippen MR) is 84.2 cm³/mol. The Bertz CT molecular complexity index is 500. The van der Waals surface area contributed by atoms with Gasteiger partial charge in [0.05, 0.1) is 5.38 Å². The molecule has 0 spiro atoms. The highest BCUT2D eigenvalue weighted by atomic mass is 35.5. The van der Waals surface area contributed by atoms with E-state index in [0.29, 0.717) is 0 Å². The van der Waals surface area contributed by atoms with E-state index in [2.05, 4.69) is 31.2 Å². The van der Waals surface area contributed by atoms with Crippen molar-refractivity contribution in [3.8, 4) is 0 Å². The van der Waals surface area contributed by atoms with E-state index in [9.17, 15) is 0 Å². The number of unbranched alkanes of at least 4 members (excludes halogenated alkanes) is 1. The van der Waals surface area contributed by atoms with Gasteiger partial charge in [-0.25, -0.2) is 0 Å². The normalized spacial score (nSPS) is 12.4. The first-order valence-electron chi connectivity index (χ1n) is 6.69. The summed E-state index contributed by atoms with van der Waals surface area (Å²) in [5, 5.41) is 0.625. The molecule has 2 aromatic rings. The largest absolute Gasteiger partial charge is 0.113 e. The van der Waals surface area contributed by atoms with Crippen molar-refractivity contribution in [1.29, 1.82) is 0 Å². The topological polar surface area (TPSA) is 0 Å². The van der Waals surface area contributed by atoms with Crippen molar-refractivity contribution in [3.05, 3.63) is 70.2 Å². The van der Waals surface area contributed by atoms with Crippen molar-refractivity contribution >= 4 is 23.2 Å². The Kier molecular flexibility index (Phi) is 5.30. The highest BCUT2D eigenvalue weighted by Gasteiger charge is 2.10. The number of hydrogen-bond donors (Lipinski definition) is 0. The molecule has 0 amide bonds. The summed E-state index contributed by atoms with van der Waals surface area (Å²) in [6, 6.07) is 16.3. The second kappa shape index (κ2) is 6.98. The molecule has 2 heteroatoms. The SMILES string of the molecule is CCCCc1ccc(C(Cl)c2ccc(Cl)cc2)cc1. The van der Waals surface area contributed by atoms with Crippen LogP contribution >= 0.6 is 23.2 Å². The molecule has 0 nitrogen and oxygen atoms in total. The fourth-order valence-corrected chi connectivity index (χ4v) is 2.48. The zero-order chi connectivity index (χ0) is 13.7. The van der Waals surface area contributed by atoms with E-state index >= 15 is 0 Å². The minimum atomic E-state index is -0.113. The monoisotopic (exact) mass is 292 g/mol.